The van der Waals surface area contributed by atoms with Crippen LogP contribution in [-0.2, 0) is 11.8 Å². The molecule has 5 nitrogen and oxygen atoms in total. The van der Waals surface area contributed by atoms with Crippen molar-refractivity contribution >= 4 is 39.2 Å². The number of benzene rings is 2. The lowest BCUT2D eigenvalue weighted by atomic mass is 10.3. The average Bonchev–Trinajstić information content (AvgIpc) is 2.95. The number of nitrogens with zero attached hydrogens (tertiary/aromatic N) is 2. The quantitative estimate of drug-likeness (QED) is 0.563. The molecule has 0 spiro atoms. The summed E-state index contributed by atoms with van der Waals surface area (Å²) in [6, 6.07) is 15.7. The molecule has 124 valence electrons. The number of aromatic nitrogens is 1. The standard InChI is InChI=1S/C17H17N3O2S2/c1-20-14-5-3-4-6-15(14)24-17(20)19-18-16(21)11-23-13-9-7-12(22-2)8-10-13/h3-10H,11H2,1-2H3,(H,18,21)/b19-17-. The summed E-state index contributed by atoms with van der Waals surface area (Å²) in [5.74, 6) is 0.981. The molecule has 1 N–H and O–H groups in total. The molecule has 0 saturated heterocycles. The minimum absolute atomic E-state index is 0.131. The van der Waals surface area contributed by atoms with E-state index in [0.29, 0.717) is 5.75 Å². The number of methoxy groups -OCH3 is 1. The third kappa shape index (κ3) is 3.80. The maximum Gasteiger partial charge on any atom is 0.250 e. The van der Waals surface area contributed by atoms with Gasteiger partial charge in [0.1, 0.15) is 5.75 Å². The number of carbonyl (C=O) groups excluding carboxylic acids is 1. The van der Waals surface area contributed by atoms with E-state index in [1.165, 1.54) is 11.8 Å². The summed E-state index contributed by atoms with van der Waals surface area (Å²) >= 11 is 3.01. The fraction of sp³-hybridized carbons (Fsp3) is 0.176. The first-order valence-corrected chi connectivity index (χ1v) is 9.11. The van der Waals surface area contributed by atoms with E-state index >= 15 is 0 Å². The normalized spacial score (nSPS) is 11.7. The Morgan fingerprint density at radius 2 is 2.00 bits per heavy atom. The molecule has 0 aliphatic carbocycles. The van der Waals surface area contributed by atoms with E-state index < -0.39 is 0 Å². The molecule has 0 aliphatic rings. The highest BCUT2D eigenvalue weighted by atomic mass is 32.2. The van der Waals surface area contributed by atoms with Gasteiger partial charge in [-0.1, -0.05) is 23.5 Å². The van der Waals surface area contributed by atoms with E-state index in [4.69, 9.17) is 4.74 Å². The Morgan fingerprint density at radius 1 is 1.25 bits per heavy atom. The molecule has 1 heterocycles. The van der Waals surface area contributed by atoms with Crippen LogP contribution in [0.15, 0.2) is 58.5 Å². The third-order valence-electron chi connectivity index (χ3n) is 3.42. The van der Waals surface area contributed by atoms with Crippen molar-refractivity contribution in [1.82, 2.24) is 9.99 Å². The minimum Gasteiger partial charge on any atom is -0.497 e. The van der Waals surface area contributed by atoms with Crippen LogP contribution in [0.4, 0.5) is 0 Å². The highest BCUT2D eigenvalue weighted by molar-refractivity contribution is 8.00. The van der Waals surface area contributed by atoms with E-state index in [-0.39, 0.29) is 5.91 Å². The van der Waals surface area contributed by atoms with E-state index in [2.05, 4.69) is 10.5 Å². The largest absolute Gasteiger partial charge is 0.497 e. The van der Waals surface area contributed by atoms with Crippen molar-refractivity contribution in [2.24, 2.45) is 12.1 Å². The van der Waals surface area contributed by atoms with E-state index in [9.17, 15) is 4.79 Å². The van der Waals surface area contributed by atoms with Crippen LogP contribution in [-0.4, -0.2) is 23.3 Å². The van der Waals surface area contributed by atoms with E-state index in [0.717, 1.165) is 25.7 Å². The second-order valence-corrected chi connectivity index (χ2v) is 7.08. The molecule has 0 unspecified atom stereocenters. The predicted octanol–water partition coefficient (Wildman–Crippen LogP) is 2.97. The molecule has 0 bridgehead atoms. The summed E-state index contributed by atoms with van der Waals surface area (Å²) in [4.78, 5) is 13.8. The maximum absolute atomic E-state index is 12.0. The number of amides is 1. The SMILES string of the molecule is COc1ccc(SCC(=O)N/N=c2\sc3ccccc3n2C)cc1. The molecule has 2 aromatic carbocycles. The van der Waals surface area contributed by atoms with Crippen molar-refractivity contribution in [2.45, 2.75) is 4.90 Å². The topological polar surface area (TPSA) is 55.6 Å². The number of rotatable bonds is 5. The Hall–Kier alpha value is -2.25. The first-order chi connectivity index (χ1) is 11.7. The number of para-hydroxylation sites is 1. The fourth-order valence-electron chi connectivity index (χ4n) is 2.15. The second-order valence-electron chi connectivity index (χ2n) is 5.02. The van der Waals surface area contributed by atoms with Crippen LogP contribution in [0, 0.1) is 0 Å². The van der Waals surface area contributed by atoms with Crippen molar-refractivity contribution in [3.63, 3.8) is 0 Å². The molecule has 1 aromatic heterocycles. The monoisotopic (exact) mass is 359 g/mol. The molecule has 0 fully saturated rings. The number of hydrogen-bond acceptors (Lipinski definition) is 5. The van der Waals surface area contributed by atoms with E-state index in [1.54, 1.807) is 18.4 Å². The van der Waals surface area contributed by atoms with Gasteiger partial charge >= 0.3 is 0 Å². The van der Waals surface area contributed by atoms with Crippen molar-refractivity contribution in [1.29, 1.82) is 0 Å². The van der Waals surface area contributed by atoms with Crippen LogP contribution in [0.25, 0.3) is 10.2 Å². The lowest BCUT2D eigenvalue weighted by Gasteiger charge is -2.02. The van der Waals surface area contributed by atoms with Crippen LogP contribution >= 0.6 is 23.1 Å². The Bertz CT molecular complexity index is 913. The zero-order valence-electron chi connectivity index (χ0n) is 13.4. The fourth-order valence-corrected chi connectivity index (χ4v) is 3.82. The lowest BCUT2D eigenvalue weighted by molar-refractivity contribution is -0.118. The number of nitrogens with one attached hydrogen (secondary N) is 1. The molecular weight excluding hydrogens is 342 g/mol. The summed E-state index contributed by atoms with van der Waals surface area (Å²) in [5, 5.41) is 4.23. The van der Waals surface area contributed by atoms with Crippen LogP contribution in [0.1, 0.15) is 0 Å². The van der Waals surface area contributed by atoms with Gasteiger partial charge in [-0.3, -0.25) is 4.79 Å². The molecule has 24 heavy (non-hydrogen) atoms. The summed E-state index contributed by atoms with van der Waals surface area (Å²) in [6.45, 7) is 0. The van der Waals surface area contributed by atoms with Gasteiger partial charge in [-0.2, -0.15) is 0 Å². The predicted molar refractivity (Wildman–Crippen MR) is 98.2 cm³/mol. The summed E-state index contributed by atoms with van der Waals surface area (Å²) < 4.78 is 8.22. The summed E-state index contributed by atoms with van der Waals surface area (Å²) in [5.41, 5.74) is 3.72. The molecule has 1 amide bonds. The molecule has 7 heteroatoms. The zero-order valence-corrected chi connectivity index (χ0v) is 15.0. The van der Waals surface area contributed by atoms with Gasteiger partial charge in [-0.25, -0.2) is 5.43 Å². The number of hydrogen-bond donors (Lipinski definition) is 1. The number of thioether (sulfide) groups is 1. The van der Waals surface area contributed by atoms with Gasteiger partial charge in [0.15, 0.2) is 0 Å². The number of thiazole rings is 1. The van der Waals surface area contributed by atoms with Gasteiger partial charge in [-0.05, 0) is 36.4 Å². The molecule has 3 rings (SSSR count). The lowest BCUT2D eigenvalue weighted by Crippen LogP contribution is -2.24. The van der Waals surface area contributed by atoms with Crippen LogP contribution in [0.3, 0.4) is 0 Å². The van der Waals surface area contributed by atoms with Crippen LogP contribution < -0.4 is 15.0 Å². The van der Waals surface area contributed by atoms with Gasteiger partial charge in [0.2, 0.25) is 4.80 Å². The van der Waals surface area contributed by atoms with Crippen molar-refractivity contribution in [2.75, 3.05) is 12.9 Å². The molecule has 0 saturated carbocycles. The van der Waals surface area contributed by atoms with Crippen molar-refractivity contribution in [3.8, 4) is 5.75 Å². The number of ether oxygens (including phenoxy) is 1. The van der Waals surface area contributed by atoms with Crippen molar-refractivity contribution < 1.29 is 9.53 Å². The van der Waals surface area contributed by atoms with Crippen LogP contribution in [0.5, 0.6) is 5.75 Å². The van der Waals surface area contributed by atoms with Gasteiger partial charge < -0.3 is 9.30 Å². The Labute approximate surface area is 148 Å². The van der Waals surface area contributed by atoms with Gasteiger partial charge in [0.25, 0.3) is 5.91 Å². The van der Waals surface area contributed by atoms with Gasteiger partial charge in [0, 0.05) is 11.9 Å². The van der Waals surface area contributed by atoms with Crippen LogP contribution in [0.2, 0.25) is 0 Å². The zero-order chi connectivity index (χ0) is 16.9. The molecule has 0 atom stereocenters. The third-order valence-corrected chi connectivity index (χ3v) is 5.55. The summed E-state index contributed by atoms with van der Waals surface area (Å²) in [6.07, 6.45) is 0. The Balaban J connectivity index is 1.62. The Kier molecular flexibility index (Phi) is 5.22. The maximum atomic E-state index is 12.0. The summed E-state index contributed by atoms with van der Waals surface area (Å²) in [7, 11) is 3.57. The molecule has 3 aromatic rings. The molecule has 0 aliphatic heterocycles. The molecule has 0 radical (unpaired) electrons. The average molecular weight is 359 g/mol. The number of fused-ring (bicyclic) bond motifs is 1. The minimum atomic E-state index is -0.131. The second kappa shape index (κ2) is 7.55. The van der Waals surface area contributed by atoms with Gasteiger partial charge in [0.05, 0.1) is 23.1 Å². The smallest absolute Gasteiger partial charge is 0.250 e. The van der Waals surface area contributed by atoms with Crippen molar-refractivity contribution in [3.05, 3.63) is 53.3 Å². The highest BCUT2D eigenvalue weighted by Gasteiger charge is 2.04. The van der Waals surface area contributed by atoms with Gasteiger partial charge in [-0.15, -0.1) is 16.9 Å². The first-order valence-electron chi connectivity index (χ1n) is 7.31. The Morgan fingerprint density at radius 3 is 2.71 bits per heavy atom. The number of aryl methyl sites for hydroxylation is 1. The number of carbonyl (C=O) groups is 1. The molecular formula is C17H17N3O2S2. The van der Waals surface area contributed by atoms with E-state index in [1.807, 2.05) is 60.1 Å². The highest BCUT2D eigenvalue weighted by Crippen LogP contribution is 2.21. The first kappa shape index (κ1) is 16.6.